The fourth-order valence-corrected chi connectivity index (χ4v) is 2.04. The molecule has 0 aliphatic rings. The Hall–Kier alpha value is -1.78. The molecular formula is C15H13Cl2FN2O. The fourth-order valence-electron chi connectivity index (χ4n) is 1.74. The number of rotatable bonds is 4. The quantitative estimate of drug-likeness (QED) is 0.869. The first-order valence-corrected chi connectivity index (χ1v) is 6.96. The molecule has 0 aliphatic heterocycles. The van der Waals surface area contributed by atoms with Gasteiger partial charge in [0.15, 0.2) is 0 Å². The summed E-state index contributed by atoms with van der Waals surface area (Å²) in [6.07, 6.45) is 0. The highest BCUT2D eigenvalue weighted by molar-refractivity contribution is 6.42. The summed E-state index contributed by atoms with van der Waals surface area (Å²) in [5, 5.41) is 6.35. The van der Waals surface area contributed by atoms with Crippen molar-refractivity contribution in [2.45, 2.75) is 6.92 Å². The zero-order valence-electron chi connectivity index (χ0n) is 11.2. The molecule has 0 fully saturated rings. The lowest BCUT2D eigenvalue weighted by Gasteiger charge is -2.10. The molecule has 2 N–H and O–H groups in total. The summed E-state index contributed by atoms with van der Waals surface area (Å²) in [5.41, 5.74) is 1.99. The molecule has 21 heavy (non-hydrogen) atoms. The van der Waals surface area contributed by atoms with Crippen molar-refractivity contribution in [2.24, 2.45) is 0 Å². The smallest absolute Gasteiger partial charge is 0.243 e. The average Bonchev–Trinajstić information content (AvgIpc) is 2.44. The predicted molar refractivity (Wildman–Crippen MR) is 84.7 cm³/mol. The highest BCUT2D eigenvalue weighted by Gasteiger charge is 2.06. The van der Waals surface area contributed by atoms with Crippen LogP contribution < -0.4 is 10.6 Å². The monoisotopic (exact) mass is 326 g/mol. The lowest BCUT2D eigenvalue weighted by Crippen LogP contribution is -2.22. The van der Waals surface area contributed by atoms with Crippen molar-refractivity contribution in [3.63, 3.8) is 0 Å². The van der Waals surface area contributed by atoms with Crippen LogP contribution in [0.5, 0.6) is 0 Å². The standard InChI is InChI=1S/C15H13Cl2FN2O/c1-9-2-3-10(18)6-14(9)19-8-15(21)20-11-4-5-12(16)13(17)7-11/h2-7,19H,8H2,1H3,(H,20,21). The average molecular weight is 327 g/mol. The third kappa shape index (κ3) is 4.34. The predicted octanol–water partition coefficient (Wildman–Crippen LogP) is 4.49. The first kappa shape index (κ1) is 15.6. The van der Waals surface area contributed by atoms with Gasteiger partial charge in [-0.15, -0.1) is 0 Å². The van der Waals surface area contributed by atoms with Crippen LogP contribution in [0.3, 0.4) is 0 Å². The van der Waals surface area contributed by atoms with Crippen LogP contribution in [0.1, 0.15) is 5.56 Å². The summed E-state index contributed by atoms with van der Waals surface area (Å²) in [4.78, 5) is 11.8. The number of aryl methyl sites for hydroxylation is 1. The number of carbonyl (C=O) groups excluding carboxylic acids is 1. The van der Waals surface area contributed by atoms with E-state index in [0.717, 1.165) is 5.56 Å². The molecule has 0 saturated carbocycles. The lowest BCUT2D eigenvalue weighted by atomic mass is 10.2. The molecule has 0 radical (unpaired) electrons. The molecule has 0 atom stereocenters. The number of anilines is 2. The molecule has 0 saturated heterocycles. The molecule has 2 aromatic carbocycles. The zero-order valence-corrected chi connectivity index (χ0v) is 12.7. The van der Waals surface area contributed by atoms with Gasteiger partial charge in [-0.05, 0) is 42.8 Å². The molecule has 2 aromatic rings. The van der Waals surface area contributed by atoms with Crippen molar-refractivity contribution in [1.29, 1.82) is 0 Å². The Morgan fingerprint density at radius 3 is 2.62 bits per heavy atom. The van der Waals surface area contributed by atoms with E-state index in [2.05, 4.69) is 10.6 Å². The van der Waals surface area contributed by atoms with Gasteiger partial charge >= 0.3 is 0 Å². The van der Waals surface area contributed by atoms with Crippen molar-refractivity contribution in [1.82, 2.24) is 0 Å². The van der Waals surface area contributed by atoms with Crippen molar-refractivity contribution < 1.29 is 9.18 Å². The van der Waals surface area contributed by atoms with Crippen molar-refractivity contribution in [3.05, 3.63) is 57.8 Å². The van der Waals surface area contributed by atoms with E-state index in [1.54, 1.807) is 24.3 Å². The summed E-state index contributed by atoms with van der Waals surface area (Å²) in [6.45, 7) is 1.85. The van der Waals surface area contributed by atoms with E-state index in [0.29, 0.717) is 21.4 Å². The Bertz CT molecular complexity index is 677. The van der Waals surface area contributed by atoms with E-state index in [1.165, 1.54) is 12.1 Å². The Balaban J connectivity index is 1.95. The number of benzene rings is 2. The Morgan fingerprint density at radius 2 is 1.90 bits per heavy atom. The van der Waals surface area contributed by atoms with Gasteiger partial charge < -0.3 is 10.6 Å². The number of amides is 1. The normalized spacial score (nSPS) is 10.3. The van der Waals surface area contributed by atoms with Gasteiger partial charge in [0.25, 0.3) is 0 Å². The molecule has 1 amide bonds. The van der Waals surface area contributed by atoms with Gasteiger partial charge in [-0.25, -0.2) is 4.39 Å². The minimum absolute atomic E-state index is 0.0184. The van der Waals surface area contributed by atoms with Crippen LogP contribution in [0.2, 0.25) is 10.0 Å². The largest absolute Gasteiger partial charge is 0.376 e. The van der Waals surface area contributed by atoms with Crippen LogP contribution in [0, 0.1) is 12.7 Å². The highest BCUT2D eigenvalue weighted by atomic mass is 35.5. The van der Waals surface area contributed by atoms with Gasteiger partial charge in [-0.3, -0.25) is 4.79 Å². The molecular weight excluding hydrogens is 314 g/mol. The topological polar surface area (TPSA) is 41.1 Å². The van der Waals surface area contributed by atoms with E-state index in [-0.39, 0.29) is 18.3 Å². The zero-order chi connectivity index (χ0) is 15.4. The molecule has 0 spiro atoms. The van der Waals surface area contributed by atoms with Crippen LogP contribution in [-0.2, 0) is 4.79 Å². The van der Waals surface area contributed by atoms with Gasteiger partial charge in [0.05, 0.1) is 16.6 Å². The second kappa shape index (κ2) is 6.78. The van der Waals surface area contributed by atoms with E-state index in [4.69, 9.17) is 23.2 Å². The van der Waals surface area contributed by atoms with Crippen molar-refractivity contribution >= 4 is 40.5 Å². The first-order chi connectivity index (χ1) is 9.95. The second-order valence-electron chi connectivity index (χ2n) is 4.49. The number of halogens is 3. The van der Waals surface area contributed by atoms with E-state index in [1.807, 2.05) is 6.92 Å². The summed E-state index contributed by atoms with van der Waals surface area (Å²) in [7, 11) is 0. The van der Waals surface area contributed by atoms with Crippen LogP contribution in [-0.4, -0.2) is 12.5 Å². The van der Waals surface area contributed by atoms with E-state index in [9.17, 15) is 9.18 Å². The van der Waals surface area contributed by atoms with Crippen molar-refractivity contribution in [2.75, 3.05) is 17.2 Å². The number of hydrogen-bond acceptors (Lipinski definition) is 2. The second-order valence-corrected chi connectivity index (χ2v) is 5.30. The molecule has 2 rings (SSSR count). The summed E-state index contributed by atoms with van der Waals surface area (Å²) < 4.78 is 13.1. The van der Waals surface area contributed by atoms with Gasteiger partial charge in [0, 0.05) is 11.4 Å². The van der Waals surface area contributed by atoms with E-state index >= 15 is 0 Å². The van der Waals surface area contributed by atoms with Crippen LogP contribution >= 0.6 is 23.2 Å². The molecule has 0 aliphatic carbocycles. The molecule has 6 heteroatoms. The third-order valence-electron chi connectivity index (χ3n) is 2.84. The molecule has 0 heterocycles. The van der Waals surface area contributed by atoms with Crippen molar-refractivity contribution in [3.8, 4) is 0 Å². The Morgan fingerprint density at radius 1 is 1.14 bits per heavy atom. The minimum Gasteiger partial charge on any atom is -0.376 e. The maximum atomic E-state index is 13.1. The van der Waals surface area contributed by atoms with E-state index < -0.39 is 0 Å². The van der Waals surface area contributed by atoms with Crippen LogP contribution in [0.4, 0.5) is 15.8 Å². The van der Waals surface area contributed by atoms with Gasteiger partial charge in [-0.2, -0.15) is 0 Å². The summed E-state index contributed by atoms with van der Waals surface area (Å²) >= 11 is 11.7. The first-order valence-electron chi connectivity index (χ1n) is 6.20. The molecule has 0 unspecified atom stereocenters. The molecule has 3 nitrogen and oxygen atoms in total. The number of carbonyl (C=O) groups is 1. The maximum absolute atomic E-state index is 13.1. The third-order valence-corrected chi connectivity index (χ3v) is 3.58. The molecule has 110 valence electrons. The Labute approximate surface area is 132 Å². The van der Waals surface area contributed by atoms with Gasteiger partial charge in [0.1, 0.15) is 5.82 Å². The Kier molecular flexibility index (Phi) is 5.04. The summed E-state index contributed by atoms with van der Waals surface area (Å²) in [6, 6.07) is 9.19. The minimum atomic E-state index is -0.354. The van der Waals surface area contributed by atoms with Crippen LogP contribution in [0.25, 0.3) is 0 Å². The lowest BCUT2D eigenvalue weighted by molar-refractivity contribution is -0.114. The van der Waals surface area contributed by atoms with Gasteiger partial charge in [-0.1, -0.05) is 29.3 Å². The molecule has 0 bridgehead atoms. The number of hydrogen-bond donors (Lipinski definition) is 2. The maximum Gasteiger partial charge on any atom is 0.243 e. The SMILES string of the molecule is Cc1ccc(F)cc1NCC(=O)Nc1ccc(Cl)c(Cl)c1. The summed E-state index contributed by atoms with van der Waals surface area (Å²) in [5.74, 6) is -0.620. The number of nitrogens with one attached hydrogen (secondary N) is 2. The van der Waals surface area contributed by atoms with Crippen LogP contribution in [0.15, 0.2) is 36.4 Å². The fraction of sp³-hybridized carbons (Fsp3) is 0.133. The highest BCUT2D eigenvalue weighted by Crippen LogP contribution is 2.25. The molecule has 0 aromatic heterocycles. The van der Waals surface area contributed by atoms with Gasteiger partial charge in [0.2, 0.25) is 5.91 Å².